The zero-order chi connectivity index (χ0) is 13.7. The summed E-state index contributed by atoms with van der Waals surface area (Å²) in [5, 5.41) is 2.29. The highest BCUT2D eigenvalue weighted by atomic mass is 16.5. The number of carbonyl (C=O) groups excluding carboxylic acids is 2. The van der Waals surface area contributed by atoms with Gasteiger partial charge in [0.25, 0.3) is 5.91 Å². The smallest absolute Gasteiger partial charge is 0.267 e. The number of carbonyl (C=O) groups is 2. The fourth-order valence-corrected chi connectivity index (χ4v) is 2.07. The number of aryl methyl sites for hydroxylation is 1. The van der Waals surface area contributed by atoms with Crippen molar-refractivity contribution in [3.63, 3.8) is 0 Å². The monoisotopic (exact) mass is 261 g/mol. The number of unbranched alkanes of at least 4 members (excludes halogenated alkanes) is 1. The SMILES string of the molecule is CCCCc1ccc(OC2CCC(=O)NC2=O)cc1. The third-order valence-electron chi connectivity index (χ3n) is 3.21. The number of hydrogen-bond donors (Lipinski definition) is 1. The molecule has 4 nitrogen and oxygen atoms in total. The van der Waals surface area contributed by atoms with Crippen LogP contribution in [-0.2, 0) is 16.0 Å². The minimum Gasteiger partial charge on any atom is -0.481 e. The highest BCUT2D eigenvalue weighted by Crippen LogP contribution is 2.18. The normalized spacial score (nSPS) is 19.1. The van der Waals surface area contributed by atoms with Crippen LogP contribution in [0.15, 0.2) is 24.3 Å². The van der Waals surface area contributed by atoms with Crippen molar-refractivity contribution in [3.8, 4) is 5.75 Å². The molecule has 4 heteroatoms. The lowest BCUT2D eigenvalue weighted by Gasteiger charge is -2.22. The number of benzene rings is 1. The van der Waals surface area contributed by atoms with Crippen LogP contribution in [-0.4, -0.2) is 17.9 Å². The number of nitrogens with one attached hydrogen (secondary N) is 1. The first-order chi connectivity index (χ1) is 9.19. The number of amides is 2. The van der Waals surface area contributed by atoms with Gasteiger partial charge in [0.1, 0.15) is 5.75 Å². The second-order valence-electron chi connectivity index (χ2n) is 4.81. The fourth-order valence-electron chi connectivity index (χ4n) is 2.07. The van der Waals surface area contributed by atoms with E-state index in [2.05, 4.69) is 12.2 Å². The third kappa shape index (κ3) is 3.81. The van der Waals surface area contributed by atoms with Crippen LogP contribution in [0, 0.1) is 0 Å². The Kier molecular flexibility index (Phi) is 4.55. The van der Waals surface area contributed by atoms with E-state index in [0.29, 0.717) is 18.6 Å². The first-order valence-corrected chi connectivity index (χ1v) is 6.78. The van der Waals surface area contributed by atoms with Gasteiger partial charge in [-0.15, -0.1) is 0 Å². The maximum absolute atomic E-state index is 11.6. The largest absolute Gasteiger partial charge is 0.481 e. The van der Waals surface area contributed by atoms with Gasteiger partial charge in [-0.2, -0.15) is 0 Å². The molecular formula is C15H19NO3. The van der Waals surface area contributed by atoms with E-state index in [4.69, 9.17) is 4.74 Å². The van der Waals surface area contributed by atoms with E-state index in [0.717, 1.165) is 6.42 Å². The molecule has 0 spiro atoms. The van der Waals surface area contributed by atoms with Crippen LogP contribution in [0.3, 0.4) is 0 Å². The lowest BCUT2D eigenvalue weighted by atomic mass is 10.1. The quantitative estimate of drug-likeness (QED) is 0.827. The Balaban J connectivity index is 1.92. The molecule has 1 aromatic rings. The van der Waals surface area contributed by atoms with Crippen LogP contribution >= 0.6 is 0 Å². The Bertz CT molecular complexity index is 453. The van der Waals surface area contributed by atoms with Crippen molar-refractivity contribution in [3.05, 3.63) is 29.8 Å². The number of ether oxygens (including phenoxy) is 1. The van der Waals surface area contributed by atoms with Crippen molar-refractivity contribution >= 4 is 11.8 Å². The molecule has 1 heterocycles. The van der Waals surface area contributed by atoms with E-state index in [1.54, 1.807) is 0 Å². The predicted molar refractivity (Wildman–Crippen MR) is 71.9 cm³/mol. The summed E-state index contributed by atoms with van der Waals surface area (Å²) in [6.45, 7) is 2.17. The molecule has 1 atom stereocenters. The molecular weight excluding hydrogens is 242 g/mol. The summed E-state index contributed by atoms with van der Waals surface area (Å²) >= 11 is 0. The summed E-state index contributed by atoms with van der Waals surface area (Å²) in [5.74, 6) is 0.112. The summed E-state index contributed by atoms with van der Waals surface area (Å²) < 4.78 is 5.61. The van der Waals surface area contributed by atoms with E-state index in [1.165, 1.54) is 18.4 Å². The number of imide groups is 1. The molecule has 1 fully saturated rings. The third-order valence-corrected chi connectivity index (χ3v) is 3.21. The van der Waals surface area contributed by atoms with Crippen molar-refractivity contribution in [1.29, 1.82) is 0 Å². The summed E-state index contributed by atoms with van der Waals surface area (Å²) in [4.78, 5) is 22.6. The lowest BCUT2D eigenvalue weighted by Crippen LogP contribution is -2.46. The standard InChI is InChI=1S/C15H19NO3/c1-2-3-4-11-5-7-12(8-6-11)19-13-9-10-14(17)16-15(13)18/h5-8,13H,2-4,9-10H2,1H3,(H,16,17,18). The summed E-state index contributed by atoms with van der Waals surface area (Å²) in [5.41, 5.74) is 1.28. The lowest BCUT2D eigenvalue weighted by molar-refractivity contribution is -0.138. The van der Waals surface area contributed by atoms with Crippen LogP contribution in [0.1, 0.15) is 38.2 Å². The van der Waals surface area contributed by atoms with E-state index >= 15 is 0 Å². The van der Waals surface area contributed by atoms with Gasteiger partial charge in [0.2, 0.25) is 5.91 Å². The molecule has 0 radical (unpaired) electrons. The second-order valence-corrected chi connectivity index (χ2v) is 4.81. The second kappa shape index (κ2) is 6.36. The topological polar surface area (TPSA) is 55.4 Å². The van der Waals surface area contributed by atoms with Gasteiger partial charge in [0.15, 0.2) is 6.10 Å². The van der Waals surface area contributed by atoms with Gasteiger partial charge in [-0.25, -0.2) is 0 Å². The first kappa shape index (κ1) is 13.6. The van der Waals surface area contributed by atoms with E-state index in [-0.39, 0.29) is 11.8 Å². The average molecular weight is 261 g/mol. The maximum atomic E-state index is 11.6. The Morgan fingerprint density at radius 2 is 2.00 bits per heavy atom. The van der Waals surface area contributed by atoms with Crippen LogP contribution in [0.2, 0.25) is 0 Å². The molecule has 1 aliphatic heterocycles. The van der Waals surface area contributed by atoms with Crippen LogP contribution in [0.25, 0.3) is 0 Å². The average Bonchev–Trinajstić information content (AvgIpc) is 2.41. The molecule has 19 heavy (non-hydrogen) atoms. The summed E-state index contributed by atoms with van der Waals surface area (Å²) in [6, 6.07) is 7.82. The number of hydrogen-bond acceptors (Lipinski definition) is 3. The molecule has 0 bridgehead atoms. The van der Waals surface area contributed by atoms with Crippen LogP contribution in [0.4, 0.5) is 0 Å². The fraction of sp³-hybridized carbons (Fsp3) is 0.467. The van der Waals surface area contributed by atoms with Crippen LogP contribution < -0.4 is 10.1 Å². The maximum Gasteiger partial charge on any atom is 0.267 e. The molecule has 0 saturated carbocycles. The summed E-state index contributed by atoms with van der Waals surface area (Å²) in [7, 11) is 0. The van der Waals surface area contributed by atoms with E-state index < -0.39 is 6.10 Å². The van der Waals surface area contributed by atoms with Gasteiger partial charge in [-0.1, -0.05) is 25.5 Å². The first-order valence-electron chi connectivity index (χ1n) is 6.78. The van der Waals surface area contributed by atoms with E-state index in [9.17, 15) is 9.59 Å². The van der Waals surface area contributed by atoms with Gasteiger partial charge < -0.3 is 4.74 Å². The highest BCUT2D eigenvalue weighted by molar-refractivity contribution is 5.99. The van der Waals surface area contributed by atoms with Crippen LogP contribution in [0.5, 0.6) is 5.75 Å². The zero-order valence-corrected chi connectivity index (χ0v) is 11.1. The van der Waals surface area contributed by atoms with Gasteiger partial charge in [0, 0.05) is 12.8 Å². The van der Waals surface area contributed by atoms with Crippen molar-refractivity contribution in [2.24, 2.45) is 0 Å². The van der Waals surface area contributed by atoms with Crippen molar-refractivity contribution < 1.29 is 14.3 Å². The van der Waals surface area contributed by atoms with Crippen molar-refractivity contribution in [2.45, 2.75) is 45.1 Å². The van der Waals surface area contributed by atoms with E-state index in [1.807, 2.05) is 24.3 Å². The summed E-state index contributed by atoms with van der Waals surface area (Å²) in [6.07, 6.45) is 3.64. The molecule has 0 aliphatic carbocycles. The molecule has 1 aliphatic rings. The van der Waals surface area contributed by atoms with Gasteiger partial charge in [0.05, 0.1) is 0 Å². The van der Waals surface area contributed by atoms with Gasteiger partial charge >= 0.3 is 0 Å². The minimum absolute atomic E-state index is 0.222. The molecule has 1 N–H and O–H groups in total. The minimum atomic E-state index is -0.556. The Morgan fingerprint density at radius 3 is 2.63 bits per heavy atom. The molecule has 1 saturated heterocycles. The molecule has 2 rings (SSSR count). The molecule has 102 valence electrons. The van der Waals surface area contributed by atoms with Gasteiger partial charge in [-0.3, -0.25) is 14.9 Å². The molecule has 1 unspecified atom stereocenters. The highest BCUT2D eigenvalue weighted by Gasteiger charge is 2.27. The van der Waals surface area contributed by atoms with Gasteiger partial charge in [-0.05, 0) is 30.5 Å². The molecule has 2 amide bonds. The number of rotatable bonds is 5. The van der Waals surface area contributed by atoms with Crippen molar-refractivity contribution in [2.75, 3.05) is 0 Å². The zero-order valence-electron chi connectivity index (χ0n) is 11.1. The molecule has 1 aromatic carbocycles. The Hall–Kier alpha value is -1.84. The predicted octanol–water partition coefficient (Wildman–Crippen LogP) is 2.21. The Labute approximate surface area is 113 Å². The number of piperidine rings is 1. The molecule has 0 aromatic heterocycles. The Morgan fingerprint density at radius 1 is 1.26 bits per heavy atom. The van der Waals surface area contributed by atoms with Crippen molar-refractivity contribution in [1.82, 2.24) is 5.32 Å².